The molecule has 0 aliphatic heterocycles. The molecule has 0 saturated heterocycles. The molecule has 5 nitrogen and oxygen atoms in total. The standard InChI is InChI=1S/C22H19FN4O/c1-14-3-7-16(8-4-14)20-11-18(19-13-25-27(2)21(19)26-20)22(28)24-12-15-5-9-17(23)10-6-15/h3-11,13H,12H2,1-2H3,(H,24,28). The summed E-state index contributed by atoms with van der Waals surface area (Å²) in [5, 5.41) is 7.84. The Balaban J connectivity index is 1.69. The van der Waals surface area contributed by atoms with Crippen LogP contribution in [0.15, 0.2) is 60.8 Å². The number of nitrogens with one attached hydrogen (secondary N) is 1. The molecule has 0 aliphatic rings. The highest BCUT2D eigenvalue weighted by Crippen LogP contribution is 2.25. The summed E-state index contributed by atoms with van der Waals surface area (Å²) in [6.07, 6.45) is 1.65. The van der Waals surface area contributed by atoms with Gasteiger partial charge in [0.15, 0.2) is 5.65 Å². The average Bonchev–Trinajstić information content (AvgIpc) is 3.08. The molecule has 0 unspecified atom stereocenters. The van der Waals surface area contributed by atoms with Crippen LogP contribution < -0.4 is 5.32 Å². The van der Waals surface area contributed by atoms with Crippen molar-refractivity contribution >= 4 is 16.9 Å². The van der Waals surface area contributed by atoms with Crippen molar-refractivity contribution in [2.75, 3.05) is 0 Å². The highest BCUT2D eigenvalue weighted by Gasteiger charge is 2.16. The summed E-state index contributed by atoms with van der Waals surface area (Å²) in [7, 11) is 1.80. The minimum atomic E-state index is -0.302. The van der Waals surface area contributed by atoms with E-state index >= 15 is 0 Å². The molecule has 4 rings (SSSR count). The van der Waals surface area contributed by atoms with Crippen molar-refractivity contribution in [2.24, 2.45) is 7.05 Å². The zero-order valence-electron chi connectivity index (χ0n) is 15.6. The molecule has 0 atom stereocenters. The van der Waals surface area contributed by atoms with Crippen molar-refractivity contribution in [1.82, 2.24) is 20.1 Å². The Kier molecular flexibility index (Phi) is 4.61. The third-order valence-electron chi connectivity index (χ3n) is 4.66. The molecule has 2 aromatic carbocycles. The van der Waals surface area contributed by atoms with Gasteiger partial charge in [0, 0.05) is 19.2 Å². The number of rotatable bonds is 4. The Morgan fingerprint density at radius 1 is 1.11 bits per heavy atom. The van der Waals surface area contributed by atoms with E-state index in [9.17, 15) is 9.18 Å². The van der Waals surface area contributed by atoms with Gasteiger partial charge in [-0.25, -0.2) is 9.37 Å². The van der Waals surface area contributed by atoms with E-state index < -0.39 is 0 Å². The lowest BCUT2D eigenvalue weighted by Crippen LogP contribution is -2.23. The number of nitrogens with zero attached hydrogens (tertiary/aromatic N) is 3. The molecule has 1 amide bonds. The lowest BCUT2D eigenvalue weighted by Gasteiger charge is -2.09. The molecule has 2 heterocycles. The van der Waals surface area contributed by atoms with E-state index in [1.165, 1.54) is 12.1 Å². The summed E-state index contributed by atoms with van der Waals surface area (Å²) >= 11 is 0. The predicted octanol–water partition coefficient (Wildman–Crippen LogP) is 4.01. The molecule has 140 valence electrons. The van der Waals surface area contributed by atoms with E-state index in [0.717, 1.165) is 16.7 Å². The largest absolute Gasteiger partial charge is 0.348 e. The van der Waals surface area contributed by atoms with Gasteiger partial charge in [-0.15, -0.1) is 0 Å². The number of halogens is 1. The fourth-order valence-electron chi connectivity index (χ4n) is 3.05. The molecule has 1 N–H and O–H groups in total. The van der Waals surface area contributed by atoms with Gasteiger partial charge in [-0.2, -0.15) is 5.10 Å². The minimum absolute atomic E-state index is 0.224. The summed E-state index contributed by atoms with van der Waals surface area (Å²) in [6.45, 7) is 2.33. The number of fused-ring (bicyclic) bond motifs is 1. The number of pyridine rings is 1. The van der Waals surface area contributed by atoms with Crippen molar-refractivity contribution in [1.29, 1.82) is 0 Å². The van der Waals surface area contributed by atoms with Crippen molar-refractivity contribution in [3.63, 3.8) is 0 Å². The fourth-order valence-corrected chi connectivity index (χ4v) is 3.05. The molecule has 0 bridgehead atoms. The van der Waals surface area contributed by atoms with E-state index in [1.54, 1.807) is 36.1 Å². The highest BCUT2D eigenvalue weighted by molar-refractivity contribution is 6.06. The summed E-state index contributed by atoms with van der Waals surface area (Å²) in [5.41, 5.74) is 4.78. The van der Waals surface area contributed by atoms with E-state index in [1.807, 2.05) is 31.2 Å². The molecule has 28 heavy (non-hydrogen) atoms. The van der Waals surface area contributed by atoms with Gasteiger partial charge in [-0.3, -0.25) is 9.48 Å². The number of aromatic nitrogens is 3. The molecule has 0 fully saturated rings. The number of aryl methyl sites for hydroxylation is 2. The Morgan fingerprint density at radius 2 is 1.82 bits per heavy atom. The first-order valence-corrected chi connectivity index (χ1v) is 8.94. The van der Waals surface area contributed by atoms with Crippen molar-refractivity contribution < 1.29 is 9.18 Å². The fraction of sp³-hybridized carbons (Fsp3) is 0.136. The summed E-state index contributed by atoms with van der Waals surface area (Å²) in [6, 6.07) is 15.8. The number of hydrogen-bond acceptors (Lipinski definition) is 3. The van der Waals surface area contributed by atoms with Crippen molar-refractivity contribution in [3.8, 4) is 11.3 Å². The molecule has 4 aromatic rings. The topological polar surface area (TPSA) is 59.8 Å². The normalized spacial score (nSPS) is 11.0. The first-order chi connectivity index (χ1) is 13.5. The van der Waals surface area contributed by atoms with E-state index in [0.29, 0.717) is 28.8 Å². The zero-order chi connectivity index (χ0) is 19.7. The maximum absolute atomic E-state index is 13.1. The summed E-state index contributed by atoms with van der Waals surface area (Å²) in [5.74, 6) is -0.526. The van der Waals surface area contributed by atoms with Gasteiger partial charge < -0.3 is 5.32 Å². The first kappa shape index (κ1) is 17.9. The van der Waals surface area contributed by atoms with Gasteiger partial charge in [-0.1, -0.05) is 42.0 Å². The van der Waals surface area contributed by atoms with Crippen LogP contribution in [-0.2, 0) is 13.6 Å². The number of benzene rings is 2. The minimum Gasteiger partial charge on any atom is -0.348 e. The van der Waals surface area contributed by atoms with Gasteiger partial charge in [0.2, 0.25) is 0 Å². The molecule has 0 aliphatic carbocycles. The van der Waals surface area contributed by atoms with E-state index in [-0.39, 0.29) is 11.7 Å². The van der Waals surface area contributed by atoms with Crippen LogP contribution in [0.5, 0.6) is 0 Å². The third-order valence-corrected chi connectivity index (χ3v) is 4.66. The SMILES string of the molecule is Cc1ccc(-c2cc(C(=O)NCc3ccc(F)cc3)c3cnn(C)c3n2)cc1. The van der Waals surface area contributed by atoms with Gasteiger partial charge >= 0.3 is 0 Å². The average molecular weight is 374 g/mol. The monoisotopic (exact) mass is 374 g/mol. The van der Waals surface area contributed by atoms with Crippen LogP contribution in [0.1, 0.15) is 21.5 Å². The lowest BCUT2D eigenvalue weighted by atomic mass is 10.0. The Hall–Kier alpha value is -3.54. The second kappa shape index (κ2) is 7.23. The van der Waals surface area contributed by atoms with Gasteiger partial charge in [0.05, 0.1) is 22.8 Å². The number of carbonyl (C=O) groups is 1. The number of amides is 1. The molecule has 0 radical (unpaired) electrons. The molecule has 0 spiro atoms. The maximum Gasteiger partial charge on any atom is 0.252 e. The first-order valence-electron chi connectivity index (χ1n) is 8.94. The van der Waals surface area contributed by atoms with Crippen molar-refractivity contribution in [3.05, 3.63) is 83.3 Å². The van der Waals surface area contributed by atoms with Crippen LogP contribution in [-0.4, -0.2) is 20.7 Å². The van der Waals surface area contributed by atoms with Crippen LogP contribution >= 0.6 is 0 Å². The van der Waals surface area contributed by atoms with Gasteiger partial charge in [0.25, 0.3) is 5.91 Å². The molecular weight excluding hydrogens is 355 g/mol. The maximum atomic E-state index is 13.1. The van der Waals surface area contributed by atoms with Gasteiger partial charge in [0.1, 0.15) is 5.82 Å². The highest BCUT2D eigenvalue weighted by atomic mass is 19.1. The number of carbonyl (C=O) groups excluding carboxylic acids is 1. The Labute approximate surface area is 161 Å². The van der Waals surface area contributed by atoms with Crippen molar-refractivity contribution in [2.45, 2.75) is 13.5 Å². The Bertz CT molecular complexity index is 1150. The lowest BCUT2D eigenvalue weighted by molar-refractivity contribution is 0.0952. The van der Waals surface area contributed by atoms with Crippen LogP contribution in [0.4, 0.5) is 4.39 Å². The summed E-state index contributed by atoms with van der Waals surface area (Å²) < 4.78 is 14.7. The van der Waals surface area contributed by atoms with Gasteiger partial charge in [-0.05, 0) is 30.7 Å². The molecule has 2 aromatic heterocycles. The van der Waals surface area contributed by atoms with Crippen LogP contribution in [0, 0.1) is 12.7 Å². The summed E-state index contributed by atoms with van der Waals surface area (Å²) in [4.78, 5) is 17.6. The zero-order valence-corrected chi connectivity index (χ0v) is 15.6. The number of hydrogen-bond donors (Lipinski definition) is 1. The van der Waals surface area contributed by atoms with Crippen LogP contribution in [0.3, 0.4) is 0 Å². The smallest absolute Gasteiger partial charge is 0.252 e. The second-order valence-corrected chi connectivity index (χ2v) is 6.74. The molecular formula is C22H19FN4O. The van der Waals surface area contributed by atoms with Crippen LogP contribution in [0.25, 0.3) is 22.3 Å². The molecule has 6 heteroatoms. The van der Waals surface area contributed by atoms with E-state index in [4.69, 9.17) is 0 Å². The third kappa shape index (κ3) is 3.49. The molecule has 0 saturated carbocycles. The quantitative estimate of drug-likeness (QED) is 0.587. The van der Waals surface area contributed by atoms with Crippen LogP contribution in [0.2, 0.25) is 0 Å². The second-order valence-electron chi connectivity index (χ2n) is 6.74. The Morgan fingerprint density at radius 3 is 2.54 bits per heavy atom. The van der Waals surface area contributed by atoms with E-state index in [2.05, 4.69) is 15.4 Å². The predicted molar refractivity (Wildman–Crippen MR) is 106 cm³/mol.